The molecule has 0 spiro atoms. The Kier molecular flexibility index (Phi) is 3.32. The second kappa shape index (κ2) is 5.81. The lowest BCUT2D eigenvalue weighted by atomic mass is 9.90. The fraction of sp³-hybridized carbons (Fsp3) is 0.130. The minimum atomic E-state index is 0.173. The average Bonchev–Trinajstić information content (AvgIpc) is 3.28. The Bertz CT molecular complexity index is 1460. The van der Waals surface area contributed by atoms with Crippen LogP contribution in [0.2, 0.25) is 0 Å². The maximum atomic E-state index is 6.20. The van der Waals surface area contributed by atoms with Crippen molar-refractivity contribution in [1.29, 1.82) is 0 Å². The summed E-state index contributed by atoms with van der Waals surface area (Å²) in [7, 11) is 0. The minimum Gasteiger partial charge on any atom is -0.492 e. The molecule has 6 heteroatoms. The molecule has 0 aliphatic carbocycles. The zero-order valence-electron chi connectivity index (χ0n) is 15.8. The summed E-state index contributed by atoms with van der Waals surface area (Å²) in [6.45, 7) is 2.80. The standard InChI is InChI=1S/C23H18N4OS/c1-11-10-28-20-18(11)15(9-16-19(20)22(24)27-23(25)26-16)14-7-4-6-13-12-5-2-3-8-17(12)29-21(13)14/h2-9,11H,10H2,1H3,(H4,24,25,26,27). The van der Waals surface area contributed by atoms with Gasteiger partial charge in [-0.2, -0.15) is 4.98 Å². The Labute approximate surface area is 170 Å². The first kappa shape index (κ1) is 16.6. The van der Waals surface area contributed by atoms with Gasteiger partial charge >= 0.3 is 0 Å². The van der Waals surface area contributed by atoms with Crippen molar-refractivity contribution >= 4 is 54.2 Å². The third-order valence-corrected chi connectivity index (χ3v) is 6.91. The second-order valence-electron chi connectivity index (χ2n) is 7.52. The molecule has 0 saturated heterocycles. The van der Waals surface area contributed by atoms with Crippen LogP contribution in [-0.4, -0.2) is 16.6 Å². The lowest BCUT2D eigenvalue weighted by Crippen LogP contribution is -2.02. The molecule has 2 aromatic heterocycles. The van der Waals surface area contributed by atoms with Crippen molar-refractivity contribution < 1.29 is 4.74 Å². The highest BCUT2D eigenvalue weighted by Crippen LogP contribution is 2.49. The van der Waals surface area contributed by atoms with Gasteiger partial charge in [-0.05, 0) is 17.7 Å². The van der Waals surface area contributed by atoms with Gasteiger partial charge in [-0.15, -0.1) is 11.3 Å². The Morgan fingerprint density at radius 1 is 1.00 bits per heavy atom. The van der Waals surface area contributed by atoms with E-state index in [4.69, 9.17) is 16.2 Å². The molecule has 1 unspecified atom stereocenters. The molecular formula is C23H18N4OS. The van der Waals surface area contributed by atoms with E-state index in [0.29, 0.717) is 12.4 Å². The molecule has 3 aromatic carbocycles. The van der Waals surface area contributed by atoms with Gasteiger partial charge in [0.2, 0.25) is 5.95 Å². The van der Waals surface area contributed by atoms with Gasteiger partial charge in [-0.1, -0.05) is 43.3 Å². The Morgan fingerprint density at radius 3 is 2.72 bits per heavy atom. The lowest BCUT2D eigenvalue weighted by molar-refractivity contribution is 0.340. The number of nitrogens with two attached hydrogens (primary N) is 2. The van der Waals surface area contributed by atoms with E-state index in [1.165, 1.54) is 31.3 Å². The summed E-state index contributed by atoms with van der Waals surface area (Å²) in [5.74, 6) is 1.59. The lowest BCUT2D eigenvalue weighted by Gasteiger charge is -2.14. The molecule has 1 aliphatic heterocycles. The first-order valence-corrected chi connectivity index (χ1v) is 10.4. The molecule has 4 N–H and O–H groups in total. The number of rotatable bonds is 1. The number of anilines is 2. The zero-order valence-corrected chi connectivity index (χ0v) is 16.6. The summed E-state index contributed by atoms with van der Waals surface area (Å²) >= 11 is 1.82. The molecule has 0 radical (unpaired) electrons. The molecule has 1 aliphatic rings. The highest BCUT2D eigenvalue weighted by atomic mass is 32.1. The number of thiophene rings is 1. The van der Waals surface area contributed by atoms with Crippen LogP contribution in [0.1, 0.15) is 18.4 Å². The second-order valence-corrected chi connectivity index (χ2v) is 8.57. The summed E-state index contributed by atoms with van der Waals surface area (Å²) in [5.41, 5.74) is 16.3. The van der Waals surface area contributed by atoms with Crippen molar-refractivity contribution in [3.05, 3.63) is 54.1 Å². The SMILES string of the molecule is CC1COc2c1c(-c1cccc3c1sc1ccccc13)cc1nc(N)nc(N)c21. The van der Waals surface area contributed by atoms with Gasteiger partial charge in [0.25, 0.3) is 0 Å². The Balaban J connectivity index is 1.76. The van der Waals surface area contributed by atoms with Crippen LogP contribution in [0.5, 0.6) is 5.75 Å². The van der Waals surface area contributed by atoms with Crippen molar-refractivity contribution in [3.63, 3.8) is 0 Å². The first-order valence-electron chi connectivity index (χ1n) is 9.55. The summed E-state index contributed by atoms with van der Waals surface area (Å²) < 4.78 is 8.63. The highest BCUT2D eigenvalue weighted by Gasteiger charge is 2.29. The monoisotopic (exact) mass is 398 g/mol. The van der Waals surface area contributed by atoms with Crippen LogP contribution in [0.4, 0.5) is 11.8 Å². The number of nitrogen functional groups attached to an aromatic ring is 2. The van der Waals surface area contributed by atoms with Gasteiger partial charge in [-0.25, -0.2) is 4.98 Å². The van der Waals surface area contributed by atoms with Gasteiger partial charge in [0.05, 0.1) is 17.5 Å². The average molecular weight is 398 g/mol. The minimum absolute atomic E-state index is 0.173. The number of hydrogen-bond donors (Lipinski definition) is 2. The molecule has 0 fully saturated rings. The van der Waals surface area contributed by atoms with Gasteiger partial charge < -0.3 is 16.2 Å². The quantitative estimate of drug-likeness (QED) is 0.399. The zero-order chi connectivity index (χ0) is 19.7. The van der Waals surface area contributed by atoms with Crippen LogP contribution in [-0.2, 0) is 0 Å². The predicted molar refractivity (Wildman–Crippen MR) is 121 cm³/mol. The normalized spacial score (nSPS) is 15.8. The van der Waals surface area contributed by atoms with Crippen LogP contribution in [0.25, 0.3) is 42.2 Å². The van der Waals surface area contributed by atoms with E-state index in [9.17, 15) is 0 Å². The first-order chi connectivity index (χ1) is 14.1. The van der Waals surface area contributed by atoms with Crippen molar-refractivity contribution in [2.24, 2.45) is 0 Å². The fourth-order valence-corrected chi connectivity index (χ4v) is 5.67. The fourth-order valence-electron chi connectivity index (χ4n) is 4.44. The molecular weight excluding hydrogens is 380 g/mol. The van der Waals surface area contributed by atoms with E-state index in [2.05, 4.69) is 65.4 Å². The summed E-state index contributed by atoms with van der Waals surface area (Å²) in [5, 5.41) is 3.31. The molecule has 29 heavy (non-hydrogen) atoms. The van der Waals surface area contributed by atoms with Gasteiger partial charge in [0.1, 0.15) is 11.6 Å². The number of aromatic nitrogens is 2. The number of fused-ring (bicyclic) bond motifs is 6. The van der Waals surface area contributed by atoms with Crippen LogP contribution in [0.15, 0.2) is 48.5 Å². The molecule has 6 rings (SSSR count). The van der Waals surface area contributed by atoms with Crippen LogP contribution >= 0.6 is 11.3 Å². The summed E-state index contributed by atoms with van der Waals surface area (Å²) in [4.78, 5) is 8.61. The molecule has 5 nitrogen and oxygen atoms in total. The van der Waals surface area contributed by atoms with Crippen molar-refractivity contribution in [2.75, 3.05) is 18.1 Å². The Morgan fingerprint density at radius 2 is 1.83 bits per heavy atom. The largest absolute Gasteiger partial charge is 0.492 e. The van der Waals surface area contributed by atoms with Gasteiger partial charge in [0, 0.05) is 37.2 Å². The number of benzene rings is 3. The molecule has 0 saturated carbocycles. The van der Waals surface area contributed by atoms with E-state index in [0.717, 1.165) is 22.2 Å². The van der Waals surface area contributed by atoms with E-state index < -0.39 is 0 Å². The van der Waals surface area contributed by atoms with Gasteiger partial charge in [0.15, 0.2) is 0 Å². The van der Waals surface area contributed by atoms with E-state index in [-0.39, 0.29) is 11.9 Å². The maximum absolute atomic E-state index is 6.20. The number of ether oxygens (including phenoxy) is 1. The smallest absolute Gasteiger partial charge is 0.222 e. The molecule has 0 bridgehead atoms. The third-order valence-electron chi connectivity index (χ3n) is 5.69. The topological polar surface area (TPSA) is 87.0 Å². The van der Waals surface area contributed by atoms with E-state index in [1.807, 2.05) is 11.3 Å². The third kappa shape index (κ3) is 2.26. The molecule has 5 aromatic rings. The van der Waals surface area contributed by atoms with Crippen LogP contribution < -0.4 is 16.2 Å². The predicted octanol–water partition coefficient (Wildman–Crippen LogP) is 5.33. The van der Waals surface area contributed by atoms with E-state index in [1.54, 1.807) is 0 Å². The number of hydrogen-bond acceptors (Lipinski definition) is 6. The van der Waals surface area contributed by atoms with Crippen molar-refractivity contribution in [1.82, 2.24) is 9.97 Å². The van der Waals surface area contributed by atoms with E-state index >= 15 is 0 Å². The highest BCUT2D eigenvalue weighted by molar-refractivity contribution is 7.26. The molecule has 3 heterocycles. The van der Waals surface area contributed by atoms with Crippen LogP contribution in [0, 0.1) is 0 Å². The van der Waals surface area contributed by atoms with Crippen molar-refractivity contribution in [2.45, 2.75) is 12.8 Å². The molecule has 142 valence electrons. The van der Waals surface area contributed by atoms with Gasteiger partial charge in [-0.3, -0.25) is 0 Å². The van der Waals surface area contributed by atoms with Crippen LogP contribution in [0.3, 0.4) is 0 Å². The maximum Gasteiger partial charge on any atom is 0.222 e. The summed E-state index contributed by atoms with van der Waals surface area (Å²) in [6.07, 6.45) is 0. The Hall–Kier alpha value is -3.38. The van der Waals surface area contributed by atoms with Crippen molar-refractivity contribution in [3.8, 4) is 16.9 Å². The number of nitrogens with zero attached hydrogens (tertiary/aromatic N) is 2. The molecule has 0 amide bonds. The summed E-state index contributed by atoms with van der Waals surface area (Å²) in [6, 6.07) is 17.1. The molecule has 1 atom stereocenters.